The Morgan fingerprint density at radius 2 is 1.64 bits per heavy atom. The summed E-state index contributed by atoms with van der Waals surface area (Å²) in [7, 11) is 1.33. The smallest absolute Gasteiger partial charge is 0.337 e. The van der Waals surface area contributed by atoms with Crippen LogP contribution < -0.4 is 0 Å². The molecule has 44 heavy (non-hydrogen) atoms. The number of carbonyl (C=O) groups excluding carboxylic acids is 1. The summed E-state index contributed by atoms with van der Waals surface area (Å²) in [5, 5.41) is 11.3. The van der Waals surface area contributed by atoms with Gasteiger partial charge in [-0.3, -0.25) is 3.97 Å². The van der Waals surface area contributed by atoms with E-state index in [4.69, 9.17) is 16.3 Å². The Hall–Kier alpha value is -4.83. The fourth-order valence-electron chi connectivity index (χ4n) is 5.42. The number of ether oxygens (including phenoxy) is 1. The van der Waals surface area contributed by atoms with Crippen molar-refractivity contribution < 1.29 is 13.9 Å². The van der Waals surface area contributed by atoms with Gasteiger partial charge in [0.15, 0.2) is 0 Å². The predicted octanol–water partition coefficient (Wildman–Crippen LogP) is 10.3. The molecule has 0 aliphatic rings. The number of aromatic nitrogens is 1. The topological polar surface area (TPSA) is 55.0 Å². The lowest BCUT2D eigenvalue weighted by Gasteiger charge is -2.15. The number of carbonyl (C=O) groups is 1. The standard InChI is InChI=1S/C37H26ClFN2O2S/c1-22-10-14-28(15-11-22)44-41-34-17-13-27(39)20-31(34)35(30-9-4-6-23(2)32(30)21-40)36(41)25-8-5-7-24(18-25)29-16-12-26(19-33(29)38)37(42)43-3/h4-20H,1-3H3. The van der Waals surface area contributed by atoms with Gasteiger partial charge in [-0.15, -0.1) is 0 Å². The second kappa shape index (κ2) is 12.0. The molecule has 0 atom stereocenters. The van der Waals surface area contributed by atoms with Crippen LogP contribution in [0.25, 0.3) is 44.4 Å². The molecule has 0 fully saturated rings. The van der Waals surface area contributed by atoms with Crippen LogP contribution in [-0.4, -0.2) is 17.1 Å². The summed E-state index contributed by atoms with van der Waals surface area (Å²) in [4.78, 5) is 13.1. The third-order valence-corrected chi connectivity index (χ3v) is 8.95. The number of nitrogens with zero attached hydrogens (tertiary/aromatic N) is 2. The highest BCUT2D eigenvalue weighted by Crippen LogP contribution is 2.46. The Balaban J connectivity index is 1.65. The van der Waals surface area contributed by atoms with Crippen molar-refractivity contribution >= 4 is 40.4 Å². The van der Waals surface area contributed by atoms with E-state index in [9.17, 15) is 14.4 Å². The summed E-state index contributed by atoms with van der Waals surface area (Å²) in [6, 6.07) is 34.2. The number of esters is 1. The number of aryl methyl sites for hydroxylation is 2. The second-order valence-corrected chi connectivity index (χ2v) is 11.9. The second-order valence-electron chi connectivity index (χ2n) is 10.5. The van der Waals surface area contributed by atoms with Crippen LogP contribution in [-0.2, 0) is 4.74 Å². The molecule has 1 aromatic heterocycles. The van der Waals surface area contributed by atoms with Crippen LogP contribution >= 0.6 is 23.5 Å². The molecule has 0 N–H and O–H groups in total. The van der Waals surface area contributed by atoms with E-state index in [0.717, 1.165) is 55.1 Å². The maximum absolute atomic E-state index is 14.9. The summed E-state index contributed by atoms with van der Waals surface area (Å²) in [5.74, 6) is -0.826. The molecule has 7 heteroatoms. The highest BCUT2D eigenvalue weighted by Gasteiger charge is 2.24. The molecule has 0 spiro atoms. The molecular weight excluding hydrogens is 591 g/mol. The van der Waals surface area contributed by atoms with Gasteiger partial charge in [0.25, 0.3) is 0 Å². The molecule has 0 saturated carbocycles. The Morgan fingerprint density at radius 3 is 2.36 bits per heavy atom. The van der Waals surface area contributed by atoms with Gasteiger partial charge < -0.3 is 4.74 Å². The molecule has 6 aromatic rings. The van der Waals surface area contributed by atoms with Crippen molar-refractivity contribution in [3.63, 3.8) is 0 Å². The number of hydrogen-bond acceptors (Lipinski definition) is 4. The first-order chi connectivity index (χ1) is 21.3. The first-order valence-corrected chi connectivity index (χ1v) is 15.0. The zero-order valence-corrected chi connectivity index (χ0v) is 25.8. The number of halogens is 2. The molecule has 0 radical (unpaired) electrons. The molecular formula is C37H26ClFN2O2S. The molecule has 4 nitrogen and oxygen atoms in total. The molecule has 0 bridgehead atoms. The van der Waals surface area contributed by atoms with Crippen LogP contribution in [0.5, 0.6) is 0 Å². The minimum absolute atomic E-state index is 0.361. The minimum atomic E-state index is -0.465. The van der Waals surface area contributed by atoms with E-state index in [-0.39, 0.29) is 5.82 Å². The molecule has 6 rings (SSSR count). The van der Waals surface area contributed by atoms with Crippen LogP contribution in [0.1, 0.15) is 27.0 Å². The molecule has 1 heterocycles. The Morgan fingerprint density at radius 1 is 0.886 bits per heavy atom. The molecule has 0 aliphatic heterocycles. The average Bonchev–Trinajstić information content (AvgIpc) is 3.34. The maximum atomic E-state index is 14.9. The van der Waals surface area contributed by atoms with Crippen LogP contribution in [0.2, 0.25) is 5.02 Å². The zero-order valence-electron chi connectivity index (χ0n) is 24.2. The number of hydrogen-bond donors (Lipinski definition) is 0. The molecule has 0 aliphatic carbocycles. The van der Waals surface area contributed by atoms with Gasteiger partial charge in [-0.2, -0.15) is 5.26 Å². The van der Waals surface area contributed by atoms with E-state index in [1.165, 1.54) is 31.2 Å². The van der Waals surface area contributed by atoms with Crippen molar-refractivity contribution in [3.8, 4) is 39.6 Å². The Labute approximate surface area is 264 Å². The zero-order chi connectivity index (χ0) is 31.0. The number of nitriles is 1. The predicted molar refractivity (Wildman–Crippen MR) is 176 cm³/mol. The first-order valence-electron chi connectivity index (χ1n) is 13.9. The number of benzene rings is 5. The molecule has 216 valence electrons. The lowest BCUT2D eigenvalue weighted by molar-refractivity contribution is 0.0600. The van der Waals surface area contributed by atoms with Crippen LogP contribution in [0.4, 0.5) is 4.39 Å². The first kappa shape index (κ1) is 29.3. The molecule has 0 unspecified atom stereocenters. The lowest BCUT2D eigenvalue weighted by Crippen LogP contribution is -2.00. The van der Waals surface area contributed by atoms with Gasteiger partial charge in [0, 0.05) is 37.6 Å². The highest BCUT2D eigenvalue weighted by molar-refractivity contribution is 7.98. The Kier molecular flexibility index (Phi) is 8.01. The van der Waals surface area contributed by atoms with Crippen molar-refractivity contribution in [3.05, 3.63) is 136 Å². The van der Waals surface area contributed by atoms with Crippen molar-refractivity contribution in [2.45, 2.75) is 18.7 Å². The van der Waals surface area contributed by atoms with Gasteiger partial charge in [0.05, 0.1) is 29.4 Å². The normalized spacial score (nSPS) is 11.0. The summed E-state index contributed by atoms with van der Waals surface area (Å²) in [6.07, 6.45) is 0. The van der Waals surface area contributed by atoms with E-state index in [1.807, 2.05) is 56.3 Å². The molecule has 0 saturated heterocycles. The van der Waals surface area contributed by atoms with Crippen molar-refractivity contribution in [2.24, 2.45) is 0 Å². The quantitative estimate of drug-likeness (QED) is 0.175. The fourth-order valence-corrected chi connectivity index (χ4v) is 6.73. The van der Waals surface area contributed by atoms with Gasteiger partial charge in [0.1, 0.15) is 11.9 Å². The number of rotatable bonds is 6. The summed E-state index contributed by atoms with van der Waals surface area (Å²) in [6.45, 7) is 3.95. The summed E-state index contributed by atoms with van der Waals surface area (Å²) in [5.41, 5.74) is 8.46. The van der Waals surface area contributed by atoms with Crippen molar-refractivity contribution in [1.29, 1.82) is 5.26 Å². The van der Waals surface area contributed by atoms with Crippen molar-refractivity contribution in [1.82, 2.24) is 3.97 Å². The van der Waals surface area contributed by atoms with E-state index in [0.29, 0.717) is 21.5 Å². The number of methoxy groups -OCH3 is 1. The van der Waals surface area contributed by atoms with E-state index >= 15 is 0 Å². The molecule has 5 aromatic carbocycles. The van der Waals surface area contributed by atoms with Gasteiger partial charge in [-0.25, -0.2) is 9.18 Å². The molecule has 0 amide bonds. The van der Waals surface area contributed by atoms with E-state index in [2.05, 4.69) is 34.3 Å². The number of fused-ring (bicyclic) bond motifs is 1. The fraction of sp³-hybridized carbons (Fsp3) is 0.0811. The van der Waals surface area contributed by atoms with Gasteiger partial charge in [-0.05, 0) is 85.5 Å². The van der Waals surface area contributed by atoms with E-state index < -0.39 is 5.97 Å². The third kappa shape index (κ3) is 5.37. The third-order valence-electron chi connectivity index (χ3n) is 7.60. The Bertz CT molecular complexity index is 2110. The van der Waals surface area contributed by atoms with E-state index in [1.54, 1.807) is 24.3 Å². The largest absolute Gasteiger partial charge is 0.465 e. The average molecular weight is 617 g/mol. The maximum Gasteiger partial charge on any atom is 0.337 e. The van der Waals surface area contributed by atoms with Crippen molar-refractivity contribution in [2.75, 3.05) is 7.11 Å². The lowest BCUT2D eigenvalue weighted by atomic mass is 9.92. The summed E-state index contributed by atoms with van der Waals surface area (Å²) < 4.78 is 21.9. The minimum Gasteiger partial charge on any atom is -0.465 e. The van der Waals surface area contributed by atoms with Crippen LogP contribution in [0.15, 0.2) is 108 Å². The monoisotopic (exact) mass is 616 g/mol. The van der Waals surface area contributed by atoms with Gasteiger partial charge >= 0.3 is 5.97 Å². The summed E-state index contributed by atoms with van der Waals surface area (Å²) >= 11 is 8.22. The van der Waals surface area contributed by atoms with Crippen LogP contribution in [0, 0.1) is 31.0 Å². The van der Waals surface area contributed by atoms with Gasteiger partial charge in [-0.1, -0.05) is 71.8 Å². The van der Waals surface area contributed by atoms with Crippen LogP contribution in [0.3, 0.4) is 0 Å². The highest BCUT2D eigenvalue weighted by atomic mass is 35.5. The van der Waals surface area contributed by atoms with Gasteiger partial charge in [0.2, 0.25) is 0 Å². The SMILES string of the molecule is COC(=O)c1ccc(-c2cccc(-c3c(-c4cccc(C)c4C#N)c4cc(F)ccc4n3Sc3ccc(C)cc3)c2)c(Cl)c1.